The van der Waals surface area contributed by atoms with E-state index in [-0.39, 0.29) is 0 Å². The first-order chi connectivity index (χ1) is 9.75. The molecule has 0 saturated heterocycles. The number of rotatable bonds is 5. The Bertz CT molecular complexity index is 557. The molecule has 0 N–H and O–H groups in total. The van der Waals surface area contributed by atoms with E-state index in [1.54, 1.807) is 0 Å². The van der Waals surface area contributed by atoms with Crippen molar-refractivity contribution in [2.45, 2.75) is 24.3 Å². The summed E-state index contributed by atoms with van der Waals surface area (Å²) in [4.78, 5) is 0. The predicted octanol–water partition coefficient (Wildman–Crippen LogP) is 3.73. The average Bonchev–Trinajstić information content (AvgIpc) is 2.21. The van der Waals surface area contributed by atoms with Crippen LogP contribution in [0.25, 0.3) is 0 Å². The molecule has 4 nitrogen and oxygen atoms in total. The molecule has 0 fully saturated rings. The number of hydrogen-bond donors (Lipinski definition) is 0. The van der Waals surface area contributed by atoms with Crippen LogP contribution in [0.1, 0.15) is 0 Å². The third-order valence-corrected chi connectivity index (χ3v) is 2.00. The lowest BCUT2D eigenvalue weighted by Gasteiger charge is -2.29. The maximum Gasteiger partial charge on any atom is 0.470 e. The molecule has 0 aliphatic rings. The molecule has 0 saturated carbocycles. The molecule has 0 aromatic rings. The van der Waals surface area contributed by atoms with Crippen LogP contribution >= 0.6 is 0 Å². The van der Waals surface area contributed by atoms with E-state index < -0.39 is 46.7 Å². The Balaban J connectivity index is 5.88. The van der Waals surface area contributed by atoms with Gasteiger partial charge in [-0.3, -0.25) is 0 Å². The zero-order chi connectivity index (χ0) is 19.1. The monoisotopic (exact) mass is 396 g/mol. The third kappa shape index (κ3) is 5.05. The minimum atomic E-state index is -7.12. The summed E-state index contributed by atoms with van der Waals surface area (Å²) in [6.45, 7) is 0. The van der Waals surface area contributed by atoms with Gasteiger partial charge in [-0.1, -0.05) is 3.89 Å². The van der Waals surface area contributed by atoms with Crippen LogP contribution in [-0.2, 0) is 19.4 Å². The van der Waals surface area contributed by atoms with Crippen LogP contribution in [0.4, 0.5) is 52.2 Å². The van der Waals surface area contributed by atoms with Gasteiger partial charge in [-0.25, -0.2) is 0 Å². The van der Waals surface area contributed by atoms with Crippen molar-refractivity contribution >= 4 is 10.5 Å². The Morgan fingerprint density at radius 2 is 1.13 bits per heavy atom. The molecule has 0 amide bonds. The van der Waals surface area contributed by atoms with Gasteiger partial charge >= 0.3 is 40.8 Å². The Labute approximate surface area is 117 Å². The molecule has 0 bridgehead atoms. The van der Waals surface area contributed by atoms with Gasteiger partial charge < -0.3 is 4.74 Å². The van der Waals surface area contributed by atoms with E-state index in [0.717, 1.165) is 0 Å². The van der Waals surface area contributed by atoms with Crippen molar-refractivity contribution in [1.82, 2.24) is 0 Å². The molecule has 0 spiro atoms. The van der Waals surface area contributed by atoms with E-state index in [1.165, 1.54) is 0 Å². The summed E-state index contributed by atoms with van der Waals surface area (Å²) in [5.41, 5.74) is 0. The Morgan fingerprint density at radius 1 is 0.783 bits per heavy atom. The van der Waals surface area contributed by atoms with Gasteiger partial charge in [0.05, 0.1) is 0 Å². The average molecular weight is 396 g/mol. The Hall–Kier alpha value is -1.39. The van der Waals surface area contributed by atoms with E-state index in [4.69, 9.17) is 0 Å². The summed E-state index contributed by atoms with van der Waals surface area (Å²) < 4.78 is 169. The maximum atomic E-state index is 12.8. The molecular weight excluding hydrogens is 396 g/mol. The molecule has 0 aliphatic carbocycles. The lowest BCUT2D eigenvalue weighted by molar-refractivity contribution is -0.425. The van der Waals surface area contributed by atoms with Crippen molar-refractivity contribution < 1.29 is 69.5 Å². The van der Waals surface area contributed by atoms with E-state index >= 15 is 0 Å². The molecule has 0 radical (unpaired) electrons. The van der Waals surface area contributed by atoms with Crippen molar-refractivity contribution in [3.63, 3.8) is 0 Å². The molecule has 138 valence electrons. The van der Waals surface area contributed by atoms with Crippen LogP contribution in [0.5, 0.6) is 0 Å². The summed E-state index contributed by atoms with van der Waals surface area (Å²) in [5.74, 6) is -11.2. The summed E-state index contributed by atoms with van der Waals surface area (Å²) >= 11 is 0. The van der Waals surface area contributed by atoms with E-state index in [0.29, 0.717) is 0 Å². The lowest BCUT2D eigenvalue weighted by atomic mass is 10.3. The largest absolute Gasteiger partial charge is 0.470 e. The minimum absolute atomic E-state index is 1.87. The topological polar surface area (TPSA) is 52.6 Å². The van der Waals surface area contributed by atoms with Crippen LogP contribution in [0.2, 0.25) is 0 Å². The molecule has 17 heteroatoms. The minimum Gasteiger partial charge on any atom is -0.416 e. The van der Waals surface area contributed by atoms with Gasteiger partial charge in [0, 0.05) is 0 Å². The molecule has 0 heterocycles. The highest BCUT2D eigenvalue weighted by Crippen LogP contribution is 2.49. The number of alkyl halides is 9. The van der Waals surface area contributed by atoms with Gasteiger partial charge in [0.15, 0.2) is 0 Å². The van der Waals surface area contributed by atoms with Crippen molar-refractivity contribution in [3.8, 4) is 0 Å². The second kappa shape index (κ2) is 5.91. The van der Waals surface area contributed by atoms with Crippen LogP contribution in [0.15, 0.2) is 11.8 Å². The summed E-state index contributed by atoms with van der Waals surface area (Å²) in [7, 11) is -6.75. The van der Waals surface area contributed by atoms with E-state index in [9.17, 15) is 60.6 Å². The third-order valence-electron chi connectivity index (χ3n) is 1.59. The lowest BCUT2D eigenvalue weighted by Crippen LogP contribution is -2.55. The molecule has 0 aromatic heterocycles. The SMILES string of the molecule is O=S(=O)(F)OC(F)(F)C(F)=C(F)OC(F)(C(F)(F)F)C(F)(F)F. The van der Waals surface area contributed by atoms with Crippen molar-refractivity contribution in [3.05, 3.63) is 11.8 Å². The van der Waals surface area contributed by atoms with Gasteiger partial charge in [-0.2, -0.15) is 60.9 Å². The number of hydrogen-bond acceptors (Lipinski definition) is 4. The van der Waals surface area contributed by atoms with Gasteiger partial charge in [-0.15, -0.1) is 0 Å². The standard InChI is InChI=1S/C6F12O4S/c7-1(3(9,10)22-23(18,19)20)2(8)21-4(11,5(12,13)14)6(15,16)17. The second-order valence-corrected chi connectivity index (χ2v) is 4.23. The molecule has 0 atom stereocenters. The van der Waals surface area contributed by atoms with Gasteiger partial charge in [0.1, 0.15) is 0 Å². The highest BCUT2D eigenvalue weighted by atomic mass is 32.3. The fraction of sp³-hybridized carbons (Fsp3) is 0.667. The number of halogens is 12. The molecule has 0 unspecified atom stereocenters. The van der Waals surface area contributed by atoms with Crippen molar-refractivity contribution in [2.24, 2.45) is 0 Å². The molecule has 23 heavy (non-hydrogen) atoms. The molecule has 0 aromatic carbocycles. The second-order valence-electron chi connectivity index (χ2n) is 3.27. The van der Waals surface area contributed by atoms with Crippen LogP contribution in [0.3, 0.4) is 0 Å². The zero-order valence-electron chi connectivity index (χ0n) is 9.58. The van der Waals surface area contributed by atoms with Crippen molar-refractivity contribution in [1.29, 1.82) is 0 Å². The molecular formula is C6F12O4S. The highest BCUT2D eigenvalue weighted by Gasteiger charge is 2.76. The molecule has 0 aliphatic heterocycles. The molecule has 0 rings (SSSR count). The first-order valence-electron chi connectivity index (χ1n) is 4.35. The fourth-order valence-electron chi connectivity index (χ4n) is 0.721. The first-order valence-corrected chi connectivity index (χ1v) is 5.65. The van der Waals surface area contributed by atoms with Gasteiger partial charge in [-0.05, 0) is 0 Å². The maximum absolute atomic E-state index is 12.8. The van der Waals surface area contributed by atoms with Crippen LogP contribution < -0.4 is 0 Å². The fourth-order valence-corrected chi connectivity index (χ4v) is 1.04. The smallest absolute Gasteiger partial charge is 0.416 e. The quantitative estimate of drug-likeness (QED) is 0.404. The summed E-state index contributed by atoms with van der Waals surface area (Å²) in [6, 6.07) is -4.20. The predicted molar refractivity (Wildman–Crippen MR) is 42.3 cm³/mol. The number of ether oxygens (including phenoxy) is 1. The highest BCUT2D eigenvalue weighted by molar-refractivity contribution is 7.81. The first kappa shape index (κ1) is 21.6. The van der Waals surface area contributed by atoms with Crippen LogP contribution in [-0.4, -0.2) is 32.7 Å². The Kier molecular flexibility index (Phi) is 5.56. The van der Waals surface area contributed by atoms with E-state index in [1.807, 2.05) is 8.92 Å². The summed E-state index contributed by atoms with van der Waals surface area (Å²) in [5, 5.41) is 0. The van der Waals surface area contributed by atoms with Gasteiger partial charge in [0.25, 0.3) is 5.83 Å². The summed E-state index contributed by atoms with van der Waals surface area (Å²) in [6.07, 6.45) is -20.5. The van der Waals surface area contributed by atoms with Crippen molar-refractivity contribution in [2.75, 3.05) is 0 Å². The van der Waals surface area contributed by atoms with Gasteiger partial charge in [0.2, 0.25) is 0 Å². The van der Waals surface area contributed by atoms with E-state index in [2.05, 4.69) is 0 Å². The Morgan fingerprint density at radius 3 is 1.39 bits per heavy atom. The van der Waals surface area contributed by atoms with Crippen LogP contribution in [0, 0.1) is 0 Å². The zero-order valence-corrected chi connectivity index (χ0v) is 10.4. The normalized spacial score (nSPS) is 16.2.